The van der Waals surface area contributed by atoms with Crippen LogP contribution < -0.4 is 5.73 Å². The third kappa shape index (κ3) is 3.32. The second kappa shape index (κ2) is 5.98. The lowest BCUT2D eigenvalue weighted by atomic mass is 10.0. The lowest BCUT2D eigenvalue weighted by molar-refractivity contribution is 0.415. The van der Waals surface area contributed by atoms with Crippen molar-refractivity contribution in [1.82, 2.24) is 9.29 Å². The van der Waals surface area contributed by atoms with E-state index in [4.69, 9.17) is 5.73 Å². The highest BCUT2D eigenvalue weighted by Crippen LogP contribution is 2.21. The Morgan fingerprint density at radius 1 is 1.37 bits per heavy atom. The molecule has 2 N–H and O–H groups in total. The van der Waals surface area contributed by atoms with E-state index in [0.717, 1.165) is 24.8 Å². The molecule has 1 saturated heterocycles. The van der Waals surface area contributed by atoms with E-state index >= 15 is 0 Å². The second-order valence-electron chi connectivity index (χ2n) is 5.15. The van der Waals surface area contributed by atoms with Crippen LogP contribution in [0.1, 0.15) is 31.7 Å². The number of aromatic nitrogens is 1. The van der Waals surface area contributed by atoms with Gasteiger partial charge in [0.1, 0.15) is 0 Å². The quantitative estimate of drug-likeness (QED) is 0.908. The van der Waals surface area contributed by atoms with E-state index in [-0.39, 0.29) is 5.03 Å². The van der Waals surface area contributed by atoms with Crippen molar-refractivity contribution in [2.75, 3.05) is 13.1 Å². The molecule has 6 heteroatoms. The highest BCUT2D eigenvalue weighted by Gasteiger charge is 2.27. The average Bonchev–Trinajstić information content (AvgIpc) is 2.64. The number of sulfonamides is 1. The van der Waals surface area contributed by atoms with E-state index in [0.29, 0.717) is 25.6 Å². The van der Waals surface area contributed by atoms with E-state index in [1.807, 2.05) is 0 Å². The van der Waals surface area contributed by atoms with Gasteiger partial charge >= 0.3 is 0 Å². The molecule has 1 atom stereocenters. The van der Waals surface area contributed by atoms with E-state index in [2.05, 4.69) is 11.9 Å². The van der Waals surface area contributed by atoms with Gasteiger partial charge in [-0.05, 0) is 36.8 Å². The molecule has 0 bridgehead atoms. The molecular weight excluding hydrogens is 262 g/mol. The van der Waals surface area contributed by atoms with Crippen molar-refractivity contribution in [1.29, 1.82) is 0 Å². The smallest absolute Gasteiger partial charge is 0.260 e. The van der Waals surface area contributed by atoms with Gasteiger partial charge in [-0.25, -0.2) is 13.4 Å². The van der Waals surface area contributed by atoms with Crippen molar-refractivity contribution in [2.24, 2.45) is 11.7 Å². The average molecular weight is 283 g/mol. The molecule has 0 aliphatic carbocycles. The maximum Gasteiger partial charge on any atom is 0.260 e. The van der Waals surface area contributed by atoms with E-state index < -0.39 is 10.0 Å². The van der Waals surface area contributed by atoms with Crippen LogP contribution in [0.25, 0.3) is 0 Å². The fraction of sp³-hybridized carbons (Fsp3) is 0.615. The lowest BCUT2D eigenvalue weighted by Gasteiger charge is -2.19. The highest BCUT2D eigenvalue weighted by atomic mass is 32.2. The first kappa shape index (κ1) is 14.4. The SMILES string of the molecule is CC1CCCN(S(=O)(=O)c2ccc(CN)cn2)CC1. The van der Waals surface area contributed by atoms with Crippen molar-refractivity contribution in [3.05, 3.63) is 23.9 Å². The van der Waals surface area contributed by atoms with Crippen LogP contribution in [0.15, 0.2) is 23.4 Å². The zero-order valence-corrected chi connectivity index (χ0v) is 12.1. The standard InChI is InChI=1S/C13H21N3O2S/c1-11-3-2-7-16(8-6-11)19(17,18)13-5-4-12(9-14)10-15-13/h4-5,10-11H,2-3,6-9,14H2,1H3. The molecule has 2 heterocycles. The van der Waals surface area contributed by atoms with Gasteiger partial charge in [-0.2, -0.15) is 4.31 Å². The Hall–Kier alpha value is -0.980. The summed E-state index contributed by atoms with van der Waals surface area (Å²) in [6.45, 7) is 3.72. The molecular formula is C13H21N3O2S. The molecule has 0 aromatic carbocycles. The Morgan fingerprint density at radius 3 is 2.79 bits per heavy atom. The summed E-state index contributed by atoms with van der Waals surface area (Å²) in [7, 11) is -3.45. The summed E-state index contributed by atoms with van der Waals surface area (Å²) >= 11 is 0. The monoisotopic (exact) mass is 283 g/mol. The maximum atomic E-state index is 12.5. The number of hydrogen-bond donors (Lipinski definition) is 1. The minimum Gasteiger partial charge on any atom is -0.326 e. The summed E-state index contributed by atoms with van der Waals surface area (Å²) < 4.78 is 26.5. The molecule has 5 nitrogen and oxygen atoms in total. The van der Waals surface area contributed by atoms with Gasteiger partial charge in [0.2, 0.25) is 0 Å². The largest absolute Gasteiger partial charge is 0.326 e. The molecule has 1 aliphatic rings. The molecule has 0 spiro atoms. The molecule has 106 valence electrons. The predicted octanol–water partition coefficient (Wildman–Crippen LogP) is 1.35. The van der Waals surface area contributed by atoms with Crippen LogP contribution in [0.2, 0.25) is 0 Å². The van der Waals surface area contributed by atoms with Crippen LogP contribution in [0, 0.1) is 5.92 Å². The third-order valence-corrected chi connectivity index (χ3v) is 5.43. The summed E-state index contributed by atoms with van der Waals surface area (Å²) in [5.41, 5.74) is 6.32. The number of pyridine rings is 1. The van der Waals surface area contributed by atoms with Gasteiger partial charge in [0.25, 0.3) is 10.0 Å². The van der Waals surface area contributed by atoms with Crippen LogP contribution in [-0.4, -0.2) is 30.8 Å². The number of nitrogens with zero attached hydrogens (tertiary/aromatic N) is 2. The van der Waals surface area contributed by atoms with Gasteiger partial charge in [-0.15, -0.1) is 0 Å². The molecule has 2 rings (SSSR count). The van der Waals surface area contributed by atoms with E-state index in [1.165, 1.54) is 6.20 Å². The zero-order valence-electron chi connectivity index (χ0n) is 11.2. The molecule has 1 unspecified atom stereocenters. The van der Waals surface area contributed by atoms with Crippen LogP contribution >= 0.6 is 0 Å². The van der Waals surface area contributed by atoms with Gasteiger partial charge in [0.05, 0.1) is 0 Å². The number of rotatable bonds is 3. The van der Waals surface area contributed by atoms with Gasteiger partial charge < -0.3 is 5.73 Å². The Labute approximate surface area is 114 Å². The van der Waals surface area contributed by atoms with Crippen LogP contribution in [0.4, 0.5) is 0 Å². The van der Waals surface area contributed by atoms with Crippen LogP contribution in [0.3, 0.4) is 0 Å². The summed E-state index contributed by atoms with van der Waals surface area (Å²) in [4.78, 5) is 4.04. The Balaban J connectivity index is 2.20. The topological polar surface area (TPSA) is 76.3 Å². The molecule has 1 aliphatic heterocycles. The Kier molecular flexibility index (Phi) is 4.54. The highest BCUT2D eigenvalue weighted by molar-refractivity contribution is 7.89. The lowest BCUT2D eigenvalue weighted by Crippen LogP contribution is -2.32. The maximum absolute atomic E-state index is 12.5. The van der Waals surface area contributed by atoms with Gasteiger partial charge in [-0.3, -0.25) is 0 Å². The summed E-state index contributed by atoms with van der Waals surface area (Å²) in [5.74, 6) is 0.591. The van der Waals surface area contributed by atoms with Crippen molar-refractivity contribution in [2.45, 2.75) is 37.8 Å². The van der Waals surface area contributed by atoms with Crippen LogP contribution in [-0.2, 0) is 16.6 Å². The Bertz CT molecular complexity index is 513. The molecule has 1 aromatic heterocycles. The van der Waals surface area contributed by atoms with Gasteiger partial charge in [-0.1, -0.05) is 13.0 Å². The summed E-state index contributed by atoms with van der Waals surface area (Å²) in [6, 6.07) is 3.27. The third-order valence-electron chi connectivity index (χ3n) is 3.61. The molecule has 0 saturated carbocycles. The first-order valence-corrected chi connectivity index (χ1v) is 8.13. The van der Waals surface area contributed by atoms with Crippen molar-refractivity contribution in [3.8, 4) is 0 Å². The molecule has 1 aromatic rings. The summed E-state index contributed by atoms with van der Waals surface area (Å²) in [5, 5.41) is 0.124. The zero-order chi connectivity index (χ0) is 13.9. The fourth-order valence-corrected chi connectivity index (χ4v) is 3.70. The first-order valence-electron chi connectivity index (χ1n) is 6.69. The molecule has 0 amide bonds. The van der Waals surface area contributed by atoms with Crippen LogP contribution in [0.5, 0.6) is 0 Å². The molecule has 0 radical (unpaired) electrons. The van der Waals surface area contributed by atoms with E-state index in [1.54, 1.807) is 16.4 Å². The Morgan fingerprint density at radius 2 is 2.16 bits per heavy atom. The van der Waals surface area contributed by atoms with Gasteiger partial charge in [0, 0.05) is 25.8 Å². The fourth-order valence-electron chi connectivity index (χ4n) is 2.29. The van der Waals surface area contributed by atoms with Crippen molar-refractivity contribution < 1.29 is 8.42 Å². The minimum absolute atomic E-state index is 0.124. The first-order chi connectivity index (χ1) is 9.04. The molecule has 19 heavy (non-hydrogen) atoms. The van der Waals surface area contributed by atoms with Crippen molar-refractivity contribution >= 4 is 10.0 Å². The number of hydrogen-bond acceptors (Lipinski definition) is 4. The predicted molar refractivity (Wildman–Crippen MR) is 73.9 cm³/mol. The minimum atomic E-state index is -3.45. The van der Waals surface area contributed by atoms with E-state index in [9.17, 15) is 8.42 Å². The number of nitrogens with two attached hydrogens (primary N) is 1. The summed E-state index contributed by atoms with van der Waals surface area (Å²) in [6.07, 6.45) is 4.46. The van der Waals surface area contributed by atoms with Gasteiger partial charge in [0.15, 0.2) is 5.03 Å². The molecule has 1 fully saturated rings. The van der Waals surface area contributed by atoms with Crippen molar-refractivity contribution in [3.63, 3.8) is 0 Å². The normalized spacial score (nSPS) is 22.1. The second-order valence-corrected chi connectivity index (χ2v) is 7.03.